The lowest BCUT2D eigenvalue weighted by Crippen LogP contribution is -2.06. The van der Waals surface area contributed by atoms with Crippen molar-refractivity contribution < 1.29 is 9.84 Å². The molecule has 0 aliphatic heterocycles. The summed E-state index contributed by atoms with van der Waals surface area (Å²) < 4.78 is 6.31. The minimum Gasteiger partial charge on any atom is -0.444 e. The van der Waals surface area contributed by atoms with Crippen LogP contribution in [0.15, 0.2) is 67.0 Å². The zero-order valence-corrected chi connectivity index (χ0v) is 18.5. The van der Waals surface area contributed by atoms with Crippen molar-refractivity contribution in [3.05, 3.63) is 77.7 Å². The van der Waals surface area contributed by atoms with Gasteiger partial charge in [-0.1, -0.05) is 41.7 Å². The first kappa shape index (κ1) is 20.6. The molecule has 32 heavy (non-hydrogen) atoms. The summed E-state index contributed by atoms with van der Waals surface area (Å²) in [5.41, 5.74) is 3.63. The van der Waals surface area contributed by atoms with Crippen molar-refractivity contribution >= 4 is 22.8 Å². The molecule has 0 spiro atoms. The van der Waals surface area contributed by atoms with E-state index in [0.29, 0.717) is 23.9 Å². The minimum absolute atomic E-state index is 0.439. The highest BCUT2D eigenvalue weighted by molar-refractivity contribution is 7.14. The van der Waals surface area contributed by atoms with Crippen molar-refractivity contribution in [2.24, 2.45) is 0 Å². The molecule has 162 valence electrons. The smallest absolute Gasteiger partial charge is 0.208 e. The topological polar surface area (TPSA) is 80.2 Å². The second-order valence-electron chi connectivity index (χ2n) is 8.02. The van der Waals surface area contributed by atoms with Crippen molar-refractivity contribution in [1.82, 2.24) is 15.0 Å². The van der Waals surface area contributed by atoms with Gasteiger partial charge in [0.1, 0.15) is 22.3 Å². The Morgan fingerprint density at radius 3 is 2.69 bits per heavy atom. The van der Waals surface area contributed by atoms with Crippen molar-refractivity contribution in [2.75, 3.05) is 5.32 Å². The summed E-state index contributed by atoms with van der Waals surface area (Å²) >= 11 is 1.63. The molecule has 1 unspecified atom stereocenters. The predicted molar refractivity (Wildman–Crippen MR) is 127 cm³/mol. The fourth-order valence-corrected chi connectivity index (χ4v) is 4.57. The number of aliphatic hydroxyl groups is 1. The molecule has 1 saturated carbocycles. The lowest BCUT2D eigenvalue weighted by Gasteiger charge is -2.10. The van der Waals surface area contributed by atoms with Gasteiger partial charge >= 0.3 is 0 Å². The SMILES string of the molecule is CC(O)Cc1cc(Nc2cc(Oc3sc(C4CC4)nc3-c3ccccc3)ccn2)ccn1. The molecule has 7 heteroatoms. The molecule has 0 bridgehead atoms. The van der Waals surface area contributed by atoms with Gasteiger partial charge in [0.05, 0.1) is 6.10 Å². The third-order valence-corrected chi connectivity index (χ3v) is 6.22. The lowest BCUT2D eigenvalue weighted by atomic mass is 10.2. The van der Waals surface area contributed by atoms with Crippen LogP contribution in [0.25, 0.3) is 11.3 Å². The van der Waals surface area contributed by atoms with Crippen LogP contribution in [0.1, 0.15) is 36.4 Å². The standard InChI is InChI=1S/C25H24N4O2S/c1-16(30)13-20-14-19(9-11-26-20)28-22-15-21(10-12-27-22)31-25-23(17-5-3-2-4-6-17)29-24(32-25)18-7-8-18/h2-6,9-12,14-16,18,30H,7-8,13H2,1H3,(H,26,27,28). The van der Waals surface area contributed by atoms with E-state index in [2.05, 4.69) is 27.4 Å². The zero-order valence-electron chi connectivity index (χ0n) is 17.7. The number of rotatable bonds is 8. The molecule has 1 aromatic carbocycles. The first-order valence-electron chi connectivity index (χ1n) is 10.7. The predicted octanol–water partition coefficient (Wildman–Crippen LogP) is 5.94. The minimum atomic E-state index is -0.439. The van der Waals surface area contributed by atoms with Crippen LogP contribution in [-0.2, 0) is 6.42 Å². The molecule has 0 saturated heterocycles. The third-order valence-electron chi connectivity index (χ3n) is 5.12. The summed E-state index contributed by atoms with van der Waals surface area (Å²) in [5.74, 6) is 1.94. The van der Waals surface area contributed by atoms with Crippen LogP contribution in [0.2, 0.25) is 0 Å². The number of nitrogens with zero attached hydrogens (tertiary/aromatic N) is 3. The van der Waals surface area contributed by atoms with Gasteiger partial charge in [-0.15, -0.1) is 0 Å². The summed E-state index contributed by atoms with van der Waals surface area (Å²) in [7, 11) is 0. The van der Waals surface area contributed by atoms with Crippen LogP contribution in [0.3, 0.4) is 0 Å². The molecule has 1 aliphatic carbocycles. The molecule has 3 heterocycles. The molecule has 0 amide bonds. The van der Waals surface area contributed by atoms with Gasteiger partial charge in [-0.25, -0.2) is 9.97 Å². The summed E-state index contributed by atoms with van der Waals surface area (Å²) in [6, 6.07) is 17.7. The van der Waals surface area contributed by atoms with E-state index in [1.54, 1.807) is 30.7 Å². The number of aliphatic hydroxyl groups excluding tert-OH is 1. The quantitative estimate of drug-likeness (QED) is 0.350. The van der Waals surface area contributed by atoms with Crippen molar-refractivity contribution in [2.45, 2.75) is 38.2 Å². The Bertz CT molecular complexity index is 1210. The van der Waals surface area contributed by atoms with Crippen molar-refractivity contribution in [3.8, 4) is 22.1 Å². The molecule has 1 atom stereocenters. The molecule has 1 fully saturated rings. The highest BCUT2D eigenvalue weighted by Crippen LogP contribution is 2.48. The maximum atomic E-state index is 9.61. The van der Waals surface area contributed by atoms with E-state index in [0.717, 1.165) is 32.7 Å². The number of pyridine rings is 2. The summed E-state index contributed by atoms with van der Waals surface area (Å²) in [4.78, 5) is 13.6. The van der Waals surface area contributed by atoms with Crippen LogP contribution in [0.5, 0.6) is 10.8 Å². The second-order valence-corrected chi connectivity index (χ2v) is 9.01. The Hall–Kier alpha value is -3.29. The van der Waals surface area contributed by atoms with Crippen LogP contribution in [-0.4, -0.2) is 26.2 Å². The summed E-state index contributed by atoms with van der Waals surface area (Å²) in [6.45, 7) is 1.75. The highest BCUT2D eigenvalue weighted by atomic mass is 32.1. The number of benzene rings is 1. The zero-order chi connectivity index (χ0) is 21.9. The second kappa shape index (κ2) is 9.06. The number of aromatic nitrogens is 3. The number of ether oxygens (including phenoxy) is 1. The summed E-state index contributed by atoms with van der Waals surface area (Å²) in [6.07, 6.45) is 5.92. The van der Waals surface area contributed by atoms with E-state index < -0.39 is 6.10 Å². The van der Waals surface area contributed by atoms with Gasteiger partial charge in [-0.05, 0) is 38.0 Å². The van der Waals surface area contributed by atoms with E-state index >= 15 is 0 Å². The van der Waals surface area contributed by atoms with Crippen LogP contribution >= 0.6 is 11.3 Å². The molecule has 1 aliphatic rings. The van der Waals surface area contributed by atoms with Crippen molar-refractivity contribution in [1.29, 1.82) is 0 Å². The third kappa shape index (κ3) is 4.95. The van der Waals surface area contributed by atoms with Gasteiger partial charge in [0.25, 0.3) is 0 Å². The van der Waals surface area contributed by atoms with Gasteiger partial charge < -0.3 is 15.2 Å². The Morgan fingerprint density at radius 2 is 1.91 bits per heavy atom. The highest BCUT2D eigenvalue weighted by Gasteiger charge is 2.29. The normalized spacial score (nSPS) is 14.2. The molecular formula is C25H24N4O2S. The molecule has 6 nitrogen and oxygen atoms in total. The average Bonchev–Trinajstić information content (AvgIpc) is 3.55. The van der Waals surface area contributed by atoms with E-state index in [-0.39, 0.29) is 0 Å². The molecule has 0 radical (unpaired) electrons. The molecule has 4 aromatic rings. The first-order chi connectivity index (χ1) is 15.6. The fraction of sp³-hybridized carbons (Fsp3) is 0.240. The molecule has 5 rings (SSSR count). The number of hydrogen-bond donors (Lipinski definition) is 2. The van der Waals surface area contributed by atoms with Crippen LogP contribution in [0, 0.1) is 0 Å². The Labute approximate surface area is 191 Å². The van der Waals surface area contributed by atoms with E-state index in [1.807, 2.05) is 42.5 Å². The van der Waals surface area contributed by atoms with Gasteiger partial charge in [0.2, 0.25) is 5.06 Å². The van der Waals surface area contributed by atoms with Crippen LogP contribution < -0.4 is 10.1 Å². The van der Waals surface area contributed by atoms with E-state index in [4.69, 9.17) is 9.72 Å². The maximum Gasteiger partial charge on any atom is 0.208 e. The molecular weight excluding hydrogens is 420 g/mol. The maximum absolute atomic E-state index is 9.61. The largest absolute Gasteiger partial charge is 0.444 e. The summed E-state index contributed by atoms with van der Waals surface area (Å²) in [5, 5.41) is 14.9. The number of anilines is 2. The number of nitrogens with one attached hydrogen (secondary N) is 1. The van der Waals surface area contributed by atoms with E-state index in [1.165, 1.54) is 12.8 Å². The van der Waals surface area contributed by atoms with Gasteiger partial charge in [0.15, 0.2) is 0 Å². The monoisotopic (exact) mass is 444 g/mol. The Morgan fingerprint density at radius 1 is 1.09 bits per heavy atom. The van der Waals surface area contributed by atoms with Gasteiger partial charge in [-0.2, -0.15) is 0 Å². The molecule has 2 N–H and O–H groups in total. The van der Waals surface area contributed by atoms with Crippen molar-refractivity contribution in [3.63, 3.8) is 0 Å². The van der Waals surface area contributed by atoms with Crippen LogP contribution in [0.4, 0.5) is 11.5 Å². The molecule has 3 aromatic heterocycles. The first-order valence-corrected chi connectivity index (χ1v) is 11.6. The Balaban J connectivity index is 1.38. The average molecular weight is 445 g/mol. The number of thiazole rings is 1. The van der Waals surface area contributed by atoms with Gasteiger partial charge in [-0.3, -0.25) is 4.98 Å². The number of hydrogen-bond acceptors (Lipinski definition) is 7. The van der Waals surface area contributed by atoms with Gasteiger partial charge in [0, 0.05) is 47.7 Å². The fourth-order valence-electron chi connectivity index (χ4n) is 3.44. The van der Waals surface area contributed by atoms with E-state index in [9.17, 15) is 5.11 Å². The Kier molecular flexibility index (Phi) is 5.83. The lowest BCUT2D eigenvalue weighted by molar-refractivity contribution is 0.194.